The molecule has 1 aliphatic heterocycles. The number of aliphatic hydroxyl groups is 1. The molecule has 3 amide bonds. The molecule has 2 aromatic carbocycles. The Morgan fingerprint density at radius 1 is 1.14 bits per heavy atom. The average Bonchev–Trinajstić information content (AvgIpc) is 2.86. The first kappa shape index (κ1) is 32.7. The predicted octanol–water partition coefficient (Wildman–Crippen LogP) is 3.40. The van der Waals surface area contributed by atoms with E-state index in [-0.39, 0.29) is 28.9 Å². The van der Waals surface area contributed by atoms with Crippen LogP contribution in [0.4, 0.5) is 26.3 Å². The maximum absolute atomic E-state index is 14.6. The molecule has 14 heteroatoms. The fourth-order valence-corrected chi connectivity index (χ4v) is 5.03. The topological polar surface area (TPSA) is 119 Å². The smallest absolute Gasteiger partial charge is 0.405 e. The zero-order chi connectivity index (χ0) is 31.6. The molecule has 4 atom stereocenters. The monoisotopic (exact) mass is 603 g/mol. The number of carbonyl (C=O) groups is 3. The summed E-state index contributed by atoms with van der Waals surface area (Å²) in [6.45, 7) is 1.06. The van der Waals surface area contributed by atoms with Crippen LogP contribution < -0.4 is 10.6 Å². The number of hydrogen-bond acceptors (Lipinski definition) is 5. The van der Waals surface area contributed by atoms with E-state index in [2.05, 4.69) is 5.32 Å². The number of phenolic OH excluding ortho intramolecular Hbond substituents is 1. The molecule has 0 radical (unpaired) electrons. The molecule has 3 rings (SSSR count). The SMILES string of the molecule is Cc1cc(O)c(C)c(C(=O)N[C@@H](Cc2cccc(F)c2)[C@H](O)C(=O)N2CC(F)(F)CC(C)[C@H]2C(=O)NCC(F)(F)F)c1. The molecule has 230 valence electrons. The van der Waals surface area contributed by atoms with Crippen molar-refractivity contribution in [1.82, 2.24) is 15.5 Å². The van der Waals surface area contributed by atoms with Crippen molar-refractivity contribution in [3.63, 3.8) is 0 Å². The third kappa shape index (κ3) is 8.14. The van der Waals surface area contributed by atoms with E-state index in [1.807, 2.05) is 0 Å². The van der Waals surface area contributed by atoms with E-state index >= 15 is 0 Å². The van der Waals surface area contributed by atoms with E-state index in [9.17, 15) is 50.9 Å². The van der Waals surface area contributed by atoms with Crippen LogP contribution in [0.15, 0.2) is 36.4 Å². The van der Waals surface area contributed by atoms with Gasteiger partial charge in [0, 0.05) is 17.5 Å². The van der Waals surface area contributed by atoms with Crippen molar-refractivity contribution in [3.05, 3.63) is 64.5 Å². The van der Waals surface area contributed by atoms with E-state index in [0.29, 0.717) is 10.5 Å². The molecule has 0 bridgehead atoms. The maximum atomic E-state index is 14.6. The molecule has 0 saturated carbocycles. The number of aryl methyl sites for hydroxylation is 1. The summed E-state index contributed by atoms with van der Waals surface area (Å²) in [6, 6.07) is 4.41. The number of hydrogen-bond donors (Lipinski definition) is 4. The zero-order valence-electron chi connectivity index (χ0n) is 22.9. The molecule has 2 aromatic rings. The van der Waals surface area contributed by atoms with Crippen LogP contribution in [-0.2, 0) is 16.0 Å². The average molecular weight is 604 g/mol. The van der Waals surface area contributed by atoms with Crippen LogP contribution in [0.1, 0.15) is 40.4 Å². The van der Waals surface area contributed by atoms with Crippen molar-refractivity contribution < 1.29 is 50.9 Å². The van der Waals surface area contributed by atoms with E-state index in [1.54, 1.807) is 12.2 Å². The first-order chi connectivity index (χ1) is 19.4. The number of nitrogens with one attached hydrogen (secondary N) is 2. The molecular formula is C28H31F6N3O5. The summed E-state index contributed by atoms with van der Waals surface area (Å²) in [5.74, 6) is -9.37. The van der Waals surface area contributed by atoms with Gasteiger partial charge in [0.05, 0.1) is 12.6 Å². The molecular weight excluding hydrogens is 572 g/mol. The Balaban J connectivity index is 1.97. The van der Waals surface area contributed by atoms with Crippen molar-refractivity contribution in [2.24, 2.45) is 5.92 Å². The van der Waals surface area contributed by atoms with Gasteiger partial charge >= 0.3 is 6.18 Å². The third-order valence-electron chi connectivity index (χ3n) is 6.98. The fraction of sp³-hybridized carbons (Fsp3) is 0.464. The molecule has 42 heavy (non-hydrogen) atoms. The number of piperidine rings is 1. The quantitative estimate of drug-likeness (QED) is 0.345. The number of carbonyl (C=O) groups excluding carboxylic acids is 3. The van der Waals surface area contributed by atoms with Crippen LogP contribution in [0.5, 0.6) is 5.75 Å². The van der Waals surface area contributed by atoms with Gasteiger partial charge in [0.1, 0.15) is 24.2 Å². The van der Waals surface area contributed by atoms with E-state index in [0.717, 1.165) is 19.1 Å². The Morgan fingerprint density at radius 3 is 2.43 bits per heavy atom. The highest BCUT2D eigenvalue weighted by molar-refractivity contribution is 5.97. The van der Waals surface area contributed by atoms with Crippen LogP contribution in [0, 0.1) is 25.6 Å². The second kappa shape index (κ2) is 12.6. The number of nitrogens with zero attached hydrogens (tertiary/aromatic N) is 1. The lowest BCUT2D eigenvalue weighted by molar-refractivity contribution is -0.169. The highest BCUT2D eigenvalue weighted by Crippen LogP contribution is 2.35. The third-order valence-corrected chi connectivity index (χ3v) is 6.98. The van der Waals surface area contributed by atoms with Gasteiger partial charge in [-0.15, -0.1) is 0 Å². The molecule has 0 aromatic heterocycles. The Labute approximate surface area is 237 Å². The molecule has 1 aliphatic rings. The highest BCUT2D eigenvalue weighted by Gasteiger charge is 2.50. The summed E-state index contributed by atoms with van der Waals surface area (Å²) < 4.78 is 81.2. The van der Waals surface area contributed by atoms with E-state index < -0.39 is 79.3 Å². The number of amides is 3. The number of aliphatic hydroxyl groups excluding tert-OH is 1. The minimum atomic E-state index is -4.81. The first-order valence-corrected chi connectivity index (χ1v) is 12.9. The van der Waals surface area contributed by atoms with Gasteiger partial charge < -0.3 is 25.7 Å². The number of aromatic hydroxyl groups is 1. The van der Waals surface area contributed by atoms with Gasteiger partial charge in [-0.1, -0.05) is 19.1 Å². The second-order valence-corrected chi connectivity index (χ2v) is 10.6. The highest BCUT2D eigenvalue weighted by atomic mass is 19.4. The number of halogens is 6. The predicted molar refractivity (Wildman–Crippen MR) is 138 cm³/mol. The van der Waals surface area contributed by atoms with Crippen LogP contribution in [-0.4, -0.2) is 76.2 Å². The zero-order valence-corrected chi connectivity index (χ0v) is 22.9. The molecule has 1 fully saturated rings. The van der Waals surface area contributed by atoms with Gasteiger partial charge in [-0.25, -0.2) is 13.2 Å². The van der Waals surface area contributed by atoms with Crippen LogP contribution in [0.25, 0.3) is 0 Å². The van der Waals surface area contributed by atoms with Crippen LogP contribution >= 0.6 is 0 Å². The lowest BCUT2D eigenvalue weighted by atomic mass is 9.87. The lowest BCUT2D eigenvalue weighted by Crippen LogP contribution is -2.64. The summed E-state index contributed by atoms with van der Waals surface area (Å²) in [6.07, 6.45) is -8.38. The Bertz CT molecular complexity index is 1340. The van der Waals surface area contributed by atoms with Crippen molar-refractivity contribution in [2.75, 3.05) is 13.1 Å². The first-order valence-electron chi connectivity index (χ1n) is 12.9. The van der Waals surface area contributed by atoms with E-state index in [1.165, 1.54) is 31.2 Å². The normalized spacial score (nSPS) is 20.0. The Morgan fingerprint density at radius 2 is 1.81 bits per heavy atom. The molecule has 8 nitrogen and oxygen atoms in total. The summed E-state index contributed by atoms with van der Waals surface area (Å²) in [7, 11) is 0. The van der Waals surface area contributed by atoms with Crippen LogP contribution in [0.3, 0.4) is 0 Å². The molecule has 0 spiro atoms. The minimum absolute atomic E-state index is 0.0288. The van der Waals surface area contributed by atoms with Crippen LogP contribution in [0.2, 0.25) is 0 Å². The molecule has 1 heterocycles. The number of benzene rings is 2. The lowest BCUT2D eigenvalue weighted by Gasteiger charge is -2.43. The second-order valence-electron chi connectivity index (χ2n) is 10.6. The fourth-order valence-electron chi connectivity index (χ4n) is 5.03. The summed E-state index contributed by atoms with van der Waals surface area (Å²) in [5.41, 5.74) is 0.833. The standard InChI is InChI=1S/C28H31F6N3O5/c1-14-7-19(16(3)21(38)8-14)24(40)36-20(10-17-5-4-6-18(29)9-17)23(39)26(42)37-13-27(30,31)11-15(2)22(37)25(41)35-12-28(32,33)34/h4-9,15,20,22-23,38-39H,10-13H2,1-3H3,(H,35,41)(H,36,40)/t15?,20-,22-,23-/m0/s1. The number of alkyl halides is 5. The van der Waals surface area contributed by atoms with Crippen molar-refractivity contribution >= 4 is 17.7 Å². The summed E-state index contributed by atoms with van der Waals surface area (Å²) in [5, 5.41) is 25.3. The van der Waals surface area contributed by atoms with Gasteiger partial charge in [-0.05, 0) is 61.6 Å². The van der Waals surface area contributed by atoms with Gasteiger partial charge in [-0.3, -0.25) is 14.4 Å². The van der Waals surface area contributed by atoms with E-state index in [4.69, 9.17) is 0 Å². The van der Waals surface area contributed by atoms with Gasteiger partial charge in [0.2, 0.25) is 5.91 Å². The Hall–Kier alpha value is -3.81. The molecule has 0 aliphatic carbocycles. The maximum Gasteiger partial charge on any atom is 0.405 e. The number of phenols is 1. The number of rotatable bonds is 8. The Kier molecular flexibility index (Phi) is 9.81. The minimum Gasteiger partial charge on any atom is -0.508 e. The van der Waals surface area contributed by atoms with Crippen molar-refractivity contribution in [1.29, 1.82) is 0 Å². The summed E-state index contributed by atoms with van der Waals surface area (Å²) >= 11 is 0. The summed E-state index contributed by atoms with van der Waals surface area (Å²) in [4.78, 5) is 39.8. The van der Waals surface area contributed by atoms with Gasteiger partial charge in [0.25, 0.3) is 17.7 Å². The van der Waals surface area contributed by atoms with Gasteiger partial charge in [-0.2, -0.15) is 13.2 Å². The van der Waals surface area contributed by atoms with Gasteiger partial charge in [0.15, 0.2) is 6.10 Å². The van der Waals surface area contributed by atoms with Crippen molar-refractivity contribution in [3.8, 4) is 5.75 Å². The molecule has 1 unspecified atom stereocenters. The molecule has 1 saturated heterocycles. The molecule has 4 N–H and O–H groups in total. The largest absolute Gasteiger partial charge is 0.508 e. The number of likely N-dealkylation sites (tertiary alicyclic amines) is 1. The van der Waals surface area contributed by atoms with Crippen molar-refractivity contribution in [2.45, 2.75) is 63.9 Å².